The smallest absolute Gasteiger partial charge is 0.260 e. The number of aryl methyl sites for hydroxylation is 1. The van der Waals surface area contributed by atoms with Gasteiger partial charge >= 0.3 is 0 Å². The number of rotatable bonds is 5. The molecule has 0 saturated carbocycles. The van der Waals surface area contributed by atoms with Gasteiger partial charge in [-0.05, 0) is 48.9 Å². The first-order chi connectivity index (χ1) is 14.1. The molecule has 1 aliphatic heterocycles. The standard InChI is InChI=1S/C21H21ClN4O3/c1-15-4-5-16(22)19(13-15)29-14-21(27)26-10-8-25(9-11-26)20-7-6-17(23-24-20)18-3-2-12-28-18/h2-7,12-13H,8-11,14H2,1H3. The lowest BCUT2D eigenvalue weighted by Crippen LogP contribution is -2.50. The number of carbonyl (C=O) groups excluding carboxylic acids is 1. The molecular weight excluding hydrogens is 392 g/mol. The highest BCUT2D eigenvalue weighted by Gasteiger charge is 2.23. The third-order valence-electron chi connectivity index (χ3n) is 4.82. The Bertz CT molecular complexity index is 968. The number of hydrogen-bond acceptors (Lipinski definition) is 6. The van der Waals surface area contributed by atoms with Gasteiger partial charge in [0.05, 0.1) is 11.3 Å². The predicted octanol–water partition coefficient (Wildman–Crippen LogP) is 3.43. The zero-order valence-electron chi connectivity index (χ0n) is 16.0. The predicted molar refractivity (Wildman–Crippen MR) is 110 cm³/mol. The number of hydrogen-bond donors (Lipinski definition) is 0. The van der Waals surface area contributed by atoms with Gasteiger partial charge in [0.1, 0.15) is 11.4 Å². The molecule has 0 spiro atoms. The molecule has 0 radical (unpaired) electrons. The molecule has 150 valence electrons. The Morgan fingerprint density at radius 2 is 1.97 bits per heavy atom. The first-order valence-corrected chi connectivity index (χ1v) is 9.77. The lowest BCUT2D eigenvalue weighted by molar-refractivity contribution is -0.133. The van der Waals surface area contributed by atoms with Crippen molar-refractivity contribution in [2.24, 2.45) is 0 Å². The summed E-state index contributed by atoms with van der Waals surface area (Å²) >= 11 is 6.12. The van der Waals surface area contributed by atoms with Crippen molar-refractivity contribution >= 4 is 23.3 Å². The number of nitrogens with zero attached hydrogens (tertiary/aromatic N) is 4. The van der Waals surface area contributed by atoms with Crippen molar-refractivity contribution in [1.82, 2.24) is 15.1 Å². The van der Waals surface area contributed by atoms with Crippen molar-refractivity contribution in [2.45, 2.75) is 6.92 Å². The molecular formula is C21H21ClN4O3. The van der Waals surface area contributed by atoms with Crippen LogP contribution in [0.4, 0.5) is 5.82 Å². The molecule has 3 aromatic rings. The molecule has 4 rings (SSSR count). The minimum absolute atomic E-state index is 0.0270. The molecule has 1 aliphatic rings. The molecule has 29 heavy (non-hydrogen) atoms. The highest BCUT2D eigenvalue weighted by Crippen LogP contribution is 2.25. The normalized spacial score (nSPS) is 14.1. The average Bonchev–Trinajstić information content (AvgIpc) is 3.29. The maximum atomic E-state index is 12.5. The number of amides is 1. The summed E-state index contributed by atoms with van der Waals surface area (Å²) in [7, 11) is 0. The van der Waals surface area contributed by atoms with Crippen molar-refractivity contribution in [1.29, 1.82) is 0 Å². The lowest BCUT2D eigenvalue weighted by Gasteiger charge is -2.35. The molecule has 0 atom stereocenters. The molecule has 8 heteroatoms. The highest BCUT2D eigenvalue weighted by atomic mass is 35.5. The number of carbonyl (C=O) groups is 1. The van der Waals surface area contributed by atoms with Crippen molar-refractivity contribution in [3.63, 3.8) is 0 Å². The highest BCUT2D eigenvalue weighted by molar-refractivity contribution is 6.32. The van der Waals surface area contributed by atoms with Crippen LogP contribution in [0.3, 0.4) is 0 Å². The molecule has 0 aliphatic carbocycles. The van der Waals surface area contributed by atoms with Crippen molar-refractivity contribution in [2.75, 3.05) is 37.7 Å². The molecule has 1 fully saturated rings. The Morgan fingerprint density at radius 3 is 2.66 bits per heavy atom. The second-order valence-corrected chi connectivity index (χ2v) is 7.25. The summed E-state index contributed by atoms with van der Waals surface area (Å²) in [5.41, 5.74) is 1.73. The Hall–Kier alpha value is -3.06. The fraction of sp³-hybridized carbons (Fsp3) is 0.286. The van der Waals surface area contributed by atoms with E-state index in [4.69, 9.17) is 20.8 Å². The van der Waals surface area contributed by atoms with E-state index in [9.17, 15) is 4.79 Å². The Balaban J connectivity index is 1.29. The first-order valence-electron chi connectivity index (χ1n) is 9.39. The van der Waals surface area contributed by atoms with Gasteiger partial charge in [-0.1, -0.05) is 17.7 Å². The van der Waals surface area contributed by atoms with E-state index in [1.54, 1.807) is 17.2 Å². The van der Waals surface area contributed by atoms with Crippen LogP contribution in [0.2, 0.25) is 5.02 Å². The zero-order valence-corrected chi connectivity index (χ0v) is 16.8. The van der Waals surface area contributed by atoms with Crippen molar-refractivity contribution < 1.29 is 13.9 Å². The minimum atomic E-state index is -0.0542. The van der Waals surface area contributed by atoms with Gasteiger partial charge in [-0.25, -0.2) is 0 Å². The second kappa shape index (κ2) is 8.53. The van der Waals surface area contributed by atoms with Crippen LogP contribution in [0.5, 0.6) is 5.75 Å². The van der Waals surface area contributed by atoms with E-state index in [0.717, 1.165) is 11.4 Å². The third kappa shape index (κ3) is 4.51. The van der Waals surface area contributed by atoms with Crippen LogP contribution in [0.25, 0.3) is 11.5 Å². The quantitative estimate of drug-likeness (QED) is 0.639. The van der Waals surface area contributed by atoms with E-state index in [1.165, 1.54) is 0 Å². The van der Waals surface area contributed by atoms with E-state index in [1.807, 2.05) is 43.3 Å². The summed E-state index contributed by atoms with van der Waals surface area (Å²) in [6, 6.07) is 13.0. The topological polar surface area (TPSA) is 71.7 Å². The van der Waals surface area contributed by atoms with E-state index in [0.29, 0.717) is 48.4 Å². The zero-order chi connectivity index (χ0) is 20.2. The van der Waals surface area contributed by atoms with Gasteiger partial charge in [-0.3, -0.25) is 4.79 Å². The summed E-state index contributed by atoms with van der Waals surface area (Å²) in [4.78, 5) is 16.4. The van der Waals surface area contributed by atoms with Crippen LogP contribution in [-0.4, -0.2) is 53.8 Å². The SMILES string of the molecule is Cc1ccc(Cl)c(OCC(=O)N2CCN(c3ccc(-c4ccco4)nn3)CC2)c1. The summed E-state index contributed by atoms with van der Waals surface area (Å²) in [5.74, 6) is 1.95. The van der Waals surface area contributed by atoms with Gasteiger partial charge in [-0.15, -0.1) is 10.2 Å². The van der Waals surface area contributed by atoms with E-state index >= 15 is 0 Å². The average molecular weight is 413 g/mol. The molecule has 7 nitrogen and oxygen atoms in total. The van der Waals surface area contributed by atoms with Gasteiger partial charge in [-0.2, -0.15) is 0 Å². The number of aromatic nitrogens is 2. The van der Waals surface area contributed by atoms with E-state index in [-0.39, 0.29) is 12.5 Å². The minimum Gasteiger partial charge on any atom is -0.482 e. The second-order valence-electron chi connectivity index (χ2n) is 6.84. The number of piperazine rings is 1. The lowest BCUT2D eigenvalue weighted by atomic mass is 10.2. The number of anilines is 1. The molecule has 1 saturated heterocycles. The Morgan fingerprint density at radius 1 is 1.14 bits per heavy atom. The maximum absolute atomic E-state index is 12.5. The summed E-state index contributed by atoms with van der Waals surface area (Å²) in [6.07, 6.45) is 1.61. The molecule has 0 bridgehead atoms. The van der Waals surface area contributed by atoms with Gasteiger partial charge < -0.3 is 19.0 Å². The molecule has 1 aromatic carbocycles. The van der Waals surface area contributed by atoms with Crippen LogP contribution in [0, 0.1) is 6.92 Å². The van der Waals surface area contributed by atoms with Gasteiger partial charge in [0.2, 0.25) is 0 Å². The van der Waals surface area contributed by atoms with Crippen LogP contribution in [0.1, 0.15) is 5.56 Å². The molecule has 0 N–H and O–H groups in total. The molecule has 1 amide bonds. The molecule has 0 unspecified atom stereocenters. The number of benzene rings is 1. The van der Waals surface area contributed by atoms with E-state index in [2.05, 4.69) is 15.1 Å². The fourth-order valence-electron chi connectivity index (χ4n) is 3.19. The largest absolute Gasteiger partial charge is 0.482 e. The third-order valence-corrected chi connectivity index (χ3v) is 5.13. The fourth-order valence-corrected chi connectivity index (χ4v) is 3.36. The maximum Gasteiger partial charge on any atom is 0.260 e. The summed E-state index contributed by atoms with van der Waals surface area (Å²) in [6.45, 7) is 4.50. The van der Waals surface area contributed by atoms with E-state index < -0.39 is 0 Å². The number of ether oxygens (including phenoxy) is 1. The molecule has 3 heterocycles. The van der Waals surface area contributed by atoms with Gasteiger partial charge in [0.15, 0.2) is 18.2 Å². The van der Waals surface area contributed by atoms with Crippen molar-refractivity contribution in [3.8, 4) is 17.2 Å². The Kier molecular flexibility index (Phi) is 5.67. The summed E-state index contributed by atoms with van der Waals surface area (Å²) < 4.78 is 11.0. The summed E-state index contributed by atoms with van der Waals surface area (Å²) in [5, 5.41) is 9.03. The van der Waals surface area contributed by atoms with Crippen LogP contribution >= 0.6 is 11.6 Å². The molecule has 2 aromatic heterocycles. The van der Waals surface area contributed by atoms with Crippen LogP contribution in [0.15, 0.2) is 53.1 Å². The van der Waals surface area contributed by atoms with Crippen LogP contribution < -0.4 is 9.64 Å². The first kappa shape index (κ1) is 19.3. The van der Waals surface area contributed by atoms with Gasteiger partial charge in [0, 0.05) is 26.2 Å². The Labute approximate surface area is 173 Å². The number of furan rings is 1. The monoisotopic (exact) mass is 412 g/mol. The van der Waals surface area contributed by atoms with Crippen LogP contribution in [-0.2, 0) is 4.79 Å². The van der Waals surface area contributed by atoms with Gasteiger partial charge in [0.25, 0.3) is 5.91 Å². The number of halogens is 1. The van der Waals surface area contributed by atoms with Crippen molar-refractivity contribution in [3.05, 3.63) is 59.3 Å².